The van der Waals surface area contributed by atoms with Gasteiger partial charge in [-0.15, -0.1) is 0 Å². The number of rotatable bonds is 5. The van der Waals surface area contributed by atoms with Crippen LogP contribution in [0.5, 0.6) is 0 Å². The minimum Gasteiger partial charge on any atom is -0.0923 e. The summed E-state index contributed by atoms with van der Waals surface area (Å²) in [6.07, 6.45) is 1.08. The molecular weight excluding hydrogens is 88.9 g/mol. The monoisotopic (exact) mass is 95.1 g/mol. The van der Waals surface area contributed by atoms with Gasteiger partial charge in [-0.05, 0) is 0 Å². The van der Waals surface area contributed by atoms with Gasteiger partial charge in [-0.1, -0.05) is 13.2 Å². The van der Waals surface area contributed by atoms with Gasteiger partial charge in [0.05, 0.1) is 7.17 Å². The maximum absolute atomic E-state index is 5.07. The highest BCUT2D eigenvalue weighted by atomic mass is 13.3. The van der Waals surface area contributed by atoms with Crippen molar-refractivity contribution in [3.05, 3.63) is 0 Å². The average molecular weight is 93.9 g/mol. The lowest BCUT2D eigenvalue weighted by Crippen LogP contribution is -2.22. The van der Waals surface area contributed by atoms with Gasteiger partial charge in [0.25, 0.3) is 0 Å². The minimum absolute atomic E-state index is 1.08. The second-order valence-electron chi connectivity index (χ2n) is 1.41. The molecule has 31 valence electrons. The molecule has 0 nitrogen and oxygen atoms in total. The van der Waals surface area contributed by atoms with E-state index in [1.165, 1.54) is 7.06 Å². The first-order chi connectivity index (χ1) is 3.91. The van der Waals surface area contributed by atoms with Crippen molar-refractivity contribution in [2.45, 2.75) is 13.2 Å². The molecular formula is C2H5B6. The normalized spacial score (nSPS) is 7.12. The summed E-state index contributed by atoms with van der Waals surface area (Å²) in [6, 6.07) is 0. The van der Waals surface area contributed by atoms with E-state index in [1.54, 1.807) is 7.06 Å². The predicted molar refractivity (Wildman–Crippen MR) is 45.0 cm³/mol. The standard InChI is InChI=1S/C2H5B6/c1-2-4-6-8-7-5-3/h2H2,1H3. The molecule has 0 spiro atoms. The van der Waals surface area contributed by atoms with Gasteiger partial charge in [-0.25, -0.2) is 0 Å². The second kappa shape index (κ2) is 7.39. The Morgan fingerprint density at radius 3 is 2.50 bits per heavy atom. The Bertz CT molecular complexity index is 31.5. The molecule has 0 amide bonds. The number of hydrogen-bond donors (Lipinski definition) is 0. The van der Waals surface area contributed by atoms with E-state index in [9.17, 15) is 0 Å². The summed E-state index contributed by atoms with van der Waals surface area (Å²) in [6.45, 7) is 2.09. The fourth-order valence-electron chi connectivity index (χ4n) is 0.343. The van der Waals surface area contributed by atoms with E-state index >= 15 is 0 Å². The third-order valence-electron chi connectivity index (χ3n) is 0.705. The summed E-state index contributed by atoms with van der Waals surface area (Å²) in [7, 11) is 14.3. The van der Waals surface area contributed by atoms with Gasteiger partial charge in [0.1, 0.15) is 0 Å². The SMILES string of the molecule is [B][B][B][B][B][B]CC. The molecule has 7 radical (unpaired) electrons. The molecule has 0 unspecified atom stereocenters. The summed E-state index contributed by atoms with van der Waals surface area (Å²) >= 11 is 0. The number of hydrogen-bond acceptors (Lipinski definition) is 0. The van der Waals surface area contributed by atoms with Gasteiger partial charge in [0.15, 0.2) is 0 Å². The molecule has 0 rings (SSSR count). The zero-order valence-electron chi connectivity index (χ0n) is 5.17. The van der Waals surface area contributed by atoms with Crippen LogP contribution >= 0.6 is 0 Å². The van der Waals surface area contributed by atoms with Crippen molar-refractivity contribution in [1.29, 1.82) is 0 Å². The van der Waals surface area contributed by atoms with Gasteiger partial charge in [0.2, 0.25) is 0 Å². The lowest BCUT2D eigenvalue weighted by molar-refractivity contribution is 1.47. The van der Waals surface area contributed by atoms with Crippen LogP contribution in [0.1, 0.15) is 6.92 Å². The van der Waals surface area contributed by atoms with E-state index in [0.29, 0.717) is 0 Å². The van der Waals surface area contributed by atoms with Gasteiger partial charge < -0.3 is 0 Å². The highest BCUT2D eigenvalue weighted by Crippen LogP contribution is 1.67. The Labute approximate surface area is 57.1 Å². The van der Waals surface area contributed by atoms with E-state index in [0.717, 1.165) is 6.32 Å². The van der Waals surface area contributed by atoms with Crippen molar-refractivity contribution in [1.82, 2.24) is 0 Å². The van der Waals surface area contributed by atoms with Gasteiger partial charge in [-0.3, -0.25) is 0 Å². The first kappa shape index (κ1) is 8.39. The molecule has 0 fully saturated rings. The molecule has 0 aliphatic heterocycles. The predicted octanol–water partition coefficient (Wildman–Crippen LogP) is -1.31. The molecule has 0 N–H and O–H groups in total. The molecule has 0 saturated heterocycles. The summed E-state index contributed by atoms with van der Waals surface area (Å²) in [4.78, 5) is 0. The quantitative estimate of drug-likeness (QED) is 0.293. The summed E-state index contributed by atoms with van der Waals surface area (Å²) in [5.74, 6) is 0. The fourth-order valence-corrected chi connectivity index (χ4v) is 0.343. The molecule has 6 heteroatoms. The molecule has 0 saturated carbocycles. The lowest BCUT2D eigenvalue weighted by atomic mass is 8.98. The Morgan fingerprint density at radius 2 is 2.00 bits per heavy atom. The minimum atomic E-state index is 1.08. The van der Waals surface area contributed by atoms with Crippen molar-refractivity contribution < 1.29 is 0 Å². The Kier molecular flexibility index (Phi) is 7.75. The summed E-state index contributed by atoms with van der Waals surface area (Å²) in [5.41, 5.74) is 0. The van der Waals surface area contributed by atoms with Crippen LogP contribution in [0.25, 0.3) is 0 Å². The maximum atomic E-state index is 5.07. The van der Waals surface area contributed by atoms with Crippen molar-refractivity contribution in [3.63, 3.8) is 0 Å². The van der Waals surface area contributed by atoms with E-state index in [4.69, 9.17) is 7.74 Å². The second-order valence-corrected chi connectivity index (χ2v) is 1.41. The van der Waals surface area contributed by atoms with Gasteiger partial charge >= 0.3 is 0 Å². The first-order valence-corrected chi connectivity index (χ1v) is 2.78. The third kappa shape index (κ3) is 6.39. The van der Waals surface area contributed by atoms with Crippen LogP contribution in [0.2, 0.25) is 6.32 Å². The third-order valence-corrected chi connectivity index (χ3v) is 0.705. The van der Waals surface area contributed by atoms with Gasteiger partial charge in [-0.2, -0.15) is 0 Å². The van der Waals surface area contributed by atoms with Crippen molar-refractivity contribution in [3.8, 4) is 0 Å². The first-order valence-electron chi connectivity index (χ1n) is 2.78. The molecule has 0 aromatic heterocycles. The van der Waals surface area contributed by atoms with Crippen LogP contribution in [0, 0.1) is 0 Å². The highest BCUT2D eigenvalue weighted by Gasteiger charge is 1.89. The summed E-state index contributed by atoms with van der Waals surface area (Å²) < 4.78 is 0. The Morgan fingerprint density at radius 1 is 1.25 bits per heavy atom. The molecule has 0 heterocycles. The van der Waals surface area contributed by atoms with Crippen LogP contribution in [0.4, 0.5) is 0 Å². The van der Waals surface area contributed by atoms with Crippen molar-refractivity contribution in [2.75, 3.05) is 0 Å². The van der Waals surface area contributed by atoms with Crippen molar-refractivity contribution >= 4 is 43.2 Å². The molecule has 0 aromatic rings. The molecule has 8 heavy (non-hydrogen) atoms. The van der Waals surface area contributed by atoms with Crippen LogP contribution in [0.15, 0.2) is 0 Å². The van der Waals surface area contributed by atoms with E-state index < -0.39 is 0 Å². The molecule has 0 bridgehead atoms. The maximum Gasteiger partial charge on any atom is 0.0541 e. The van der Waals surface area contributed by atoms with Gasteiger partial charge in [0, 0.05) is 36.0 Å². The Balaban J connectivity index is 2.53. The molecule has 0 aliphatic rings. The van der Waals surface area contributed by atoms with Crippen LogP contribution < -0.4 is 0 Å². The zero-order valence-corrected chi connectivity index (χ0v) is 5.17. The van der Waals surface area contributed by atoms with E-state index in [2.05, 4.69) is 14.1 Å². The fraction of sp³-hybridized carbons (Fsp3) is 1.00. The van der Waals surface area contributed by atoms with E-state index in [1.807, 2.05) is 14.1 Å². The van der Waals surface area contributed by atoms with Crippen molar-refractivity contribution in [2.24, 2.45) is 0 Å². The summed E-state index contributed by atoms with van der Waals surface area (Å²) in [5, 5.41) is 0. The lowest BCUT2D eigenvalue weighted by Gasteiger charge is -1.88. The van der Waals surface area contributed by atoms with E-state index in [-0.39, 0.29) is 0 Å². The smallest absolute Gasteiger partial charge is 0.0541 e. The van der Waals surface area contributed by atoms with Crippen LogP contribution in [-0.4, -0.2) is 43.2 Å². The molecule has 0 aliphatic carbocycles. The highest BCUT2D eigenvalue weighted by molar-refractivity contribution is 7.57. The zero-order chi connectivity index (χ0) is 6.24. The Hall–Kier alpha value is 0.390. The molecule has 0 atom stereocenters. The average Bonchev–Trinajstić information content (AvgIpc) is 1.81. The van der Waals surface area contributed by atoms with Crippen LogP contribution in [0.3, 0.4) is 0 Å². The topological polar surface area (TPSA) is 0 Å². The molecule has 0 aromatic carbocycles. The largest absolute Gasteiger partial charge is 0.0923 e. The van der Waals surface area contributed by atoms with Crippen LogP contribution in [-0.2, 0) is 0 Å².